The van der Waals surface area contributed by atoms with Gasteiger partial charge in [0, 0.05) is 25.8 Å². The van der Waals surface area contributed by atoms with Gasteiger partial charge < -0.3 is 10.5 Å². The van der Waals surface area contributed by atoms with Gasteiger partial charge in [0.2, 0.25) is 0 Å². The Labute approximate surface area is 124 Å². The van der Waals surface area contributed by atoms with E-state index in [2.05, 4.69) is 15.9 Å². The molecule has 96 valence electrons. The van der Waals surface area contributed by atoms with Gasteiger partial charge in [0.25, 0.3) is 0 Å². The van der Waals surface area contributed by atoms with Crippen molar-refractivity contribution in [3.05, 3.63) is 49.6 Å². The molecular weight excluding hydrogens is 334 g/mol. The second-order valence-corrected chi connectivity index (χ2v) is 6.20. The van der Waals surface area contributed by atoms with Gasteiger partial charge in [-0.15, -0.1) is 11.3 Å². The summed E-state index contributed by atoms with van der Waals surface area (Å²) >= 11 is 11.2. The highest BCUT2D eigenvalue weighted by Crippen LogP contribution is 2.30. The molecule has 0 spiro atoms. The second kappa shape index (κ2) is 6.06. The first kappa shape index (κ1) is 13.9. The maximum atomic E-state index is 6.19. The van der Waals surface area contributed by atoms with Crippen molar-refractivity contribution >= 4 is 38.9 Å². The van der Waals surface area contributed by atoms with Crippen molar-refractivity contribution in [1.82, 2.24) is 0 Å². The Hall–Kier alpha value is -0.550. The van der Waals surface area contributed by atoms with Crippen LogP contribution in [-0.4, -0.2) is 7.11 Å². The van der Waals surface area contributed by atoms with Gasteiger partial charge in [-0.2, -0.15) is 0 Å². The minimum absolute atomic E-state index is 0.0578. The van der Waals surface area contributed by atoms with E-state index in [1.165, 1.54) is 0 Å². The van der Waals surface area contributed by atoms with Gasteiger partial charge in [0.1, 0.15) is 5.75 Å². The maximum Gasteiger partial charge on any atom is 0.129 e. The van der Waals surface area contributed by atoms with Crippen LogP contribution in [0.15, 0.2) is 34.1 Å². The molecule has 0 aliphatic rings. The summed E-state index contributed by atoms with van der Waals surface area (Å²) in [5.41, 5.74) is 7.24. The first-order chi connectivity index (χ1) is 8.60. The monoisotopic (exact) mass is 345 g/mol. The van der Waals surface area contributed by atoms with Crippen LogP contribution in [0.1, 0.15) is 16.5 Å². The zero-order chi connectivity index (χ0) is 13.1. The average molecular weight is 347 g/mol. The zero-order valence-corrected chi connectivity index (χ0v) is 13.0. The number of methoxy groups -OCH3 is 1. The lowest BCUT2D eigenvalue weighted by Gasteiger charge is -2.11. The highest BCUT2D eigenvalue weighted by atomic mass is 79.9. The van der Waals surface area contributed by atoms with E-state index in [-0.39, 0.29) is 6.04 Å². The summed E-state index contributed by atoms with van der Waals surface area (Å²) in [6, 6.07) is 7.78. The van der Waals surface area contributed by atoms with Crippen molar-refractivity contribution in [3.63, 3.8) is 0 Å². The Bertz CT molecular complexity index is 544. The molecule has 2 aromatic rings. The maximum absolute atomic E-state index is 6.19. The van der Waals surface area contributed by atoms with E-state index in [9.17, 15) is 0 Å². The molecule has 0 aliphatic carbocycles. The molecule has 0 bridgehead atoms. The highest BCUT2D eigenvalue weighted by molar-refractivity contribution is 9.10. The second-order valence-electron chi connectivity index (χ2n) is 3.94. The topological polar surface area (TPSA) is 35.2 Å². The molecule has 2 rings (SSSR count). The van der Waals surface area contributed by atoms with E-state index >= 15 is 0 Å². The van der Waals surface area contributed by atoms with Crippen LogP contribution in [0.5, 0.6) is 5.75 Å². The number of halogens is 2. The van der Waals surface area contributed by atoms with Gasteiger partial charge in [0.05, 0.1) is 7.11 Å². The normalized spacial score (nSPS) is 12.4. The molecule has 0 aliphatic heterocycles. The average Bonchev–Trinajstić information content (AvgIpc) is 2.81. The number of hydrogen-bond donors (Lipinski definition) is 1. The SMILES string of the molecule is COc1csc(C(N)Cc2ccc(Br)cc2Cl)c1. The fourth-order valence-electron chi connectivity index (χ4n) is 1.66. The summed E-state index contributed by atoms with van der Waals surface area (Å²) in [6.45, 7) is 0. The van der Waals surface area contributed by atoms with Gasteiger partial charge in [-0.05, 0) is 30.2 Å². The number of benzene rings is 1. The molecule has 0 saturated carbocycles. The molecule has 18 heavy (non-hydrogen) atoms. The molecular formula is C13H13BrClNOS. The fourth-order valence-corrected chi connectivity index (χ4v) is 3.27. The third-order valence-corrected chi connectivity index (χ3v) is 4.54. The Morgan fingerprint density at radius 1 is 1.44 bits per heavy atom. The van der Waals surface area contributed by atoms with E-state index in [1.54, 1.807) is 18.4 Å². The molecule has 5 heteroatoms. The van der Waals surface area contributed by atoms with E-state index in [4.69, 9.17) is 22.1 Å². The fraction of sp³-hybridized carbons (Fsp3) is 0.231. The molecule has 0 saturated heterocycles. The predicted molar refractivity (Wildman–Crippen MR) is 80.7 cm³/mol. The van der Waals surface area contributed by atoms with Gasteiger partial charge in [0.15, 0.2) is 0 Å². The lowest BCUT2D eigenvalue weighted by molar-refractivity contribution is 0.416. The summed E-state index contributed by atoms with van der Waals surface area (Å²) < 4.78 is 6.13. The van der Waals surface area contributed by atoms with Crippen LogP contribution in [0, 0.1) is 0 Å². The van der Waals surface area contributed by atoms with Crippen molar-refractivity contribution in [2.24, 2.45) is 5.73 Å². The van der Waals surface area contributed by atoms with Crippen LogP contribution in [0.3, 0.4) is 0 Å². The third kappa shape index (κ3) is 3.26. The lowest BCUT2D eigenvalue weighted by atomic mass is 10.1. The number of ether oxygens (including phenoxy) is 1. The smallest absolute Gasteiger partial charge is 0.129 e. The molecule has 0 amide bonds. The van der Waals surface area contributed by atoms with Crippen molar-refractivity contribution < 1.29 is 4.74 Å². The minimum Gasteiger partial charge on any atom is -0.496 e. The summed E-state index contributed by atoms with van der Waals surface area (Å²) in [4.78, 5) is 1.10. The molecule has 2 N–H and O–H groups in total. The summed E-state index contributed by atoms with van der Waals surface area (Å²) in [6.07, 6.45) is 0.718. The number of nitrogens with two attached hydrogens (primary N) is 1. The van der Waals surface area contributed by atoms with E-state index in [0.29, 0.717) is 0 Å². The largest absolute Gasteiger partial charge is 0.496 e. The standard InChI is InChI=1S/C13H13BrClNOS/c1-17-10-6-13(18-7-10)12(16)4-8-2-3-9(14)5-11(8)15/h2-3,5-7,12H,4,16H2,1H3. The van der Waals surface area contributed by atoms with Crippen LogP contribution < -0.4 is 10.5 Å². The molecule has 2 nitrogen and oxygen atoms in total. The highest BCUT2D eigenvalue weighted by Gasteiger charge is 2.12. The first-order valence-electron chi connectivity index (χ1n) is 5.42. The van der Waals surface area contributed by atoms with Gasteiger partial charge in [-0.3, -0.25) is 0 Å². The van der Waals surface area contributed by atoms with Crippen molar-refractivity contribution in [2.45, 2.75) is 12.5 Å². The van der Waals surface area contributed by atoms with Gasteiger partial charge in [-0.25, -0.2) is 0 Å². The molecule has 0 fully saturated rings. The zero-order valence-electron chi connectivity index (χ0n) is 9.82. The Morgan fingerprint density at radius 2 is 2.22 bits per heavy atom. The lowest BCUT2D eigenvalue weighted by Crippen LogP contribution is -2.12. The van der Waals surface area contributed by atoms with Crippen LogP contribution in [0.4, 0.5) is 0 Å². The predicted octanol–water partition coefficient (Wildman–Crippen LogP) is 4.42. The number of rotatable bonds is 4. The van der Waals surface area contributed by atoms with Crippen LogP contribution in [-0.2, 0) is 6.42 Å². The molecule has 1 unspecified atom stereocenters. The van der Waals surface area contributed by atoms with E-state index < -0.39 is 0 Å². The first-order valence-corrected chi connectivity index (χ1v) is 7.47. The van der Waals surface area contributed by atoms with E-state index in [1.807, 2.05) is 29.6 Å². The van der Waals surface area contributed by atoms with Crippen molar-refractivity contribution in [3.8, 4) is 5.75 Å². The van der Waals surface area contributed by atoms with Crippen molar-refractivity contribution in [2.75, 3.05) is 7.11 Å². The molecule has 1 heterocycles. The number of thiophene rings is 1. The third-order valence-electron chi connectivity index (χ3n) is 2.65. The Balaban J connectivity index is 2.13. The quantitative estimate of drug-likeness (QED) is 0.889. The van der Waals surface area contributed by atoms with Gasteiger partial charge in [-0.1, -0.05) is 33.6 Å². The summed E-state index contributed by atoms with van der Waals surface area (Å²) in [7, 11) is 1.66. The molecule has 1 aromatic heterocycles. The molecule has 0 radical (unpaired) electrons. The molecule has 1 aromatic carbocycles. The Morgan fingerprint density at radius 3 is 2.83 bits per heavy atom. The minimum atomic E-state index is -0.0578. The summed E-state index contributed by atoms with van der Waals surface area (Å²) in [5, 5.41) is 2.70. The van der Waals surface area contributed by atoms with Crippen LogP contribution in [0.2, 0.25) is 5.02 Å². The summed E-state index contributed by atoms with van der Waals surface area (Å²) in [5.74, 6) is 0.854. The Kier molecular flexibility index (Phi) is 4.67. The van der Waals surface area contributed by atoms with E-state index in [0.717, 1.165) is 32.1 Å². The van der Waals surface area contributed by atoms with Crippen LogP contribution in [0.25, 0.3) is 0 Å². The van der Waals surface area contributed by atoms with Crippen LogP contribution >= 0.6 is 38.9 Å². The number of hydrogen-bond acceptors (Lipinski definition) is 3. The van der Waals surface area contributed by atoms with Gasteiger partial charge >= 0.3 is 0 Å². The molecule has 1 atom stereocenters. The van der Waals surface area contributed by atoms with Crippen molar-refractivity contribution in [1.29, 1.82) is 0 Å².